The van der Waals surface area contributed by atoms with Gasteiger partial charge in [0.1, 0.15) is 5.75 Å². The summed E-state index contributed by atoms with van der Waals surface area (Å²) in [5.74, 6) is 0.950. The van der Waals surface area contributed by atoms with Gasteiger partial charge in [-0.1, -0.05) is 17.7 Å². The average Bonchev–Trinajstić information content (AvgIpc) is 2.08. The Hall–Kier alpha value is -0.290. The summed E-state index contributed by atoms with van der Waals surface area (Å²) in [5.41, 5.74) is 2.46. The van der Waals surface area contributed by atoms with Crippen LogP contribution in [0.2, 0.25) is 0 Å². The van der Waals surface area contributed by atoms with Gasteiger partial charge in [-0.05, 0) is 25.5 Å². The van der Waals surface area contributed by atoms with Gasteiger partial charge in [0.05, 0.1) is 0 Å². The molecule has 0 unspecified atom stereocenters. The summed E-state index contributed by atoms with van der Waals surface area (Å²) < 4.78 is 5.07. The number of aliphatic hydroxyl groups excluding tert-OH is 1. The molecule has 1 aromatic rings. The largest absolute Gasteiger partial charge is 0.427 e. The van der Waals surface area contributed by atoms with Gasteiger partial charge in [0.25, 0.3) is 0 Å². The zero-order chi connectivity index (χ0) is 9.56. The molecule has 0 bridgehead atoms. The first kappa shape index (κ1) is 11.7. The Morgan fingerprint density at radius 1 is 1.25 bits per heavy atom. The molecule has 0 spiro atoms. The fourth-order valence-corrected chi connectivity index (χ4v) is 1.38. The van der Waals surface area contributed by atoms with Gasteiger partial charge >= 0.3 is 0 Å². The van der Waals surface area contributed by atoms with Crippen LogP contribution in [0.25, 0.3) is 0 Å². The molecule has 1 rings (SSSR count). The van der Waals surface area contributed by atoms with Crippen LogP contribution in [-0.4, -0.2) is 12.2 Å². The number of aliphatic hydroxyl groups is 1. The van der Waals surface area contributed by atoms with E-state index >= 15 is 0 Å². The summed E-state index contributed by atoms with van der Waals surface area (Å²) in [6.45, 7) is 4.12. The molecule has 3 heteroatoms. The van der Waals surface area contributed by atoms with Crippen LogP contribution in [0.1, 0.15) is 11.1 Å². The minimum absolute atomic E-state index is 0.950. The van der Waals surface area contributed by atoms with Crippen molar-refractivity contribution in [2.45, 2.75) is 13.8 Å². The molecule has 0 amide bonds. The van der Waals surface area contributed by atoms with Crippen LogP contribution in [0.5, 0.6) is 5.75 Å². The van der Waals surface area contributed by atoms with Crippen molar-refractivity contribution < 1.29 is 8.17 Å². The van der Waals surface area contributed by atoms with Crippen LogP contribution in [0.15, 0.2) is 18.2 Å². The lowest BCUT2D eigenvalue weighted by atomic mass is 10.1. The summed E-state index contributed by atoms with van der Waals surface area (Å²) in [6.07, 6.45) is 0. The molecule has 0 aliphatic rings. The van der Waals surface area contributed by atoms with E-state index in [1.54, 1.807) is 0 Å². The second kappa shape index (κ2) is 6.25. The number of hydrogen-bond acceptors (Lipinski definition) is 2. The molecule has 68 valence electrons. The highest BCUT2D eigenvalue weighted by Crippen LogP contribution is 2.20. The van der Waals surface area contributed by atoms with Crippen molar-refractivity contribution >= 4 is 23.0 Å². The molecule has 0 aromatic heterocycles. The van der Waals surface area contributed by atoms with Crippen LogP contribution >= 0.6 is 23.0 Å². The number of hydrogen-bond donors (Lipinski definition) is 1. The molecule has 0 saturated carbocycles. The van der Waals surface area contributed by atoms with E-state index in [0.717, 1.165) is 12.9 Å². The molecule has 12 heavy (non-hydrogen) atoms. The number of halogens is 1. The summed E-state index contributed by atoms with van der Waals surface area (Å²) in [5, 5.41) is 7.00. The van der Waals surface area contributed by atoms with Crippen LogP contribution in [0, 0.1) is 13.8 Å². The summed E-state index contributed by atoms with van der Waals surface area (Å²) in [7, 11) is 1.00. The van der Waals surface area contributed by atoms with Crippen molar-refractivity contribution in [3.8, 4) is 5.75 Å². The maximum absolute atomic E-state index is 7.00. The van der Waals surface area contributed by atoms with Crippen molar-refractivity contribution in [3.63, 3.8) is 0 Å². The molecule has 0 atom stereocenters. The van der Waals surface area contributed by atoms with Crippen molar-refractivity contribution in [2.24, 2.45) is 0 Å². The molecule has 0 fully saturated rings. The van der Waals surface area contributed by atoms with Gasteiger partial charge in [0.15, 0.2) is 23.0 Å². The Balaban J connectivity index is 0.000000561. The molecule has 1 N–H and O–H groups in total. The van der Waals surface area contributed by atoms with Crippen molar-refractivity contribution in [1.82, 2.24) is 0 Å². The second-order valence-electron chi connectivity index (χ2n) is 2.35. The van der Waals surface area contributed by atoms with Crippen molar-refractivity contribution in [1.29, 1.82) is 0 Å². The first-order chi connectivity index (χ1) is 5.74. The minimum Gasteiger partial charge on any atom is -0.427 e. The third-order valence-electron chi connectivity index (χ3n) is 1.41. The molecule has 0 radical (unpaired) electrons. The Morgan fingerprint density at radius 3 is 2.25 bits per heavy atom. The lowest BCUT2D eigenvalue weighted by molar-refractivity contribution is 0.399. The smallest absolute Gasteiger partial charge is 0.192 e. The highest BCUT2D eigenvalue weighted by atomic mass is 127. The lowest BCUT2D eigenvalue weighted by Crippen LogP contribution is -1.80. The molecule has 2 nitrogen and oxygen atoms in total. The van der Waals surface area contributed by atoms with E-state index in [-0.39, 0.29) is 0 Å². The van der Waals surface area contributed by atoms with E-state index in [9.17, 15) is 0 Å². The highest BCUT2D eigenvalue weighted by molar-refractivity contribution is 14.1. The van der Waals surface area contributed by atoms with E-state index < -0.39 is 0 Å². The quantitative estimate of drug-likeness (QED) is 0.801. The fraction of sp³-hybridized carbons (Fsp3) is 0.333. The van der Waals surface area contributed by atoms with Gasteiger partial charge in [-0.15, -0.1) is 0 Å². The Morgan fingerprint density at radius 2 is 1.83 bits per heavy atom. The van der Waals surface area contributed by atoms with Crippen LogP contribution in [-0.2, 0) is 0 Å². The first-order valence-corrected chi connectivity index (χ1v) is 4.42. The third-order valence-corrected chi connectivity index (χ3v) is 1.89. The molecule has 0 saturated heterocycles. The van der Waals surface area contributed by atoms with Gasteiger partial charge in [-0.2, -0.15) is 0 Å². The monoisotopic (exact) mass is 280 g/mol. The predicted octanol–water partition coefficient (Wildman–Crippen LogP) is 2.64. The zero-order valence-corrected chi connectivity index (χ0v) is 9.62. The topological polar surface area (TPSA) is 29.5 Å². The normalized spacial score (nSPS) is 8.42. The van der Waals surface area contributed by atoms with Gasteiger partial charge in [-0.3, -0.25) is 0 Å². The van der Waals surface area contributed by atoms with Crippen molar-refractivity contribution in [3.05, 3.63) is 29.3 Å². The van der Waals surface area contributed by atoms with Crippen LogP contribution < -0.4 is 3.07 Å². The van der Waals surface area contributed by atoms with Gasteiger partial charge in [-0.25, -0.2) is 0 Å². The molecular weight excluding hydrogens is 267 g/mol. The minimum atomic E-state index is 0.950. The summed E-state index contributed by atoms with van der Waals surface area (Å²) >= 11 is 1.89. The maximum Gasteiger partial charge on any atom is 0.192 e. The molecule has 0 aliphatic heterocycles. The van der Waals surface area contributed by atoms with Crippen LogP contribution in [0.3, 0.4) is 0 Å². The third kappa shape index (κ3) is 3.40. The Labute approximate surface area is 87.3 Å². The SMILES string of the molecule is CO.Cc1ccc(OI)c(C)c1. The van der Waals surface area contributed by atoms with Crippen molar-refractivity contribution in [2.75, 3.05) is 7.11 Å². The first-order valence-electron chi connectivity index (χ1n) is 3.54. The Kier molecular flexibility index (Phi) is 6.10. The molecule has 0 heterocycles. The van der Waals surface area contributed by atoms with E-state index in [0.29, 0.717) is 0 Å². The maximum atomic E-state index is 7.00. The summed E-state index contributed by atoms with van der Waals surface area (Å²) in [6, 6.07) is 6.13. The molecular formula is C9H13IO2. The molecule has 1 aromatic carbocycles. The number of rotatable bonds is 1. The average molecular weight is 280 g/mol. The predicted molar refractivity (Wildman–Crippen MR) is 58.7 cm³/mol. The fourth-order valence-electron chi connectivity index (χ4n) is 0.886. The zero-order valence-electron chi connectivity index (χ0n) is 7.47. The van der Waals surface area contributed by atoms with E-state index in [4.69, 9.17) is 8.17 Å². The molecule has 0 aliphatic carbocycles. The van der Waals surface area contributed by atoms with E-state index in [2.05, 4.69) is 13.0 Å². The van der Waals surface area contributed by atoms with Gasteiger partial charge in [0.2, 0.25) is 0 Å². The van der Waals surface area contributed by atoms with E-state index in [1.807, 2.05) is 42.1 Å². The van der Waals surface area contributed by atoms with Gasteiger partial charge in [0, 0.05) is 7.11 Å². The van der Waals surface area contributed by atoms with E-state index in [1.165, 1.54) is 11.1 Å². The van der Waals surface area contributed by atoms with Crippen LogP contribution in [0.4, 0.5) is 0 Å². The number of benzene rings is 1. The standard InChI is InChI=1S/C8H9IO.CH4O/c1-6-3-4-8(10-9)7(2)5-6;1-2/h3-5H,1-2H3;2H,1H3. The highest BCUT2D eigenvalue weighted by Gasteiger charge is 1.95. The second-order valence-corrected chi connectivity index (χ2v) is 2.79. The van der Waals surface area contributed by atoms with Gasteiger partial charge < -0.3 is 8.17 Å². The Bertz CT molecular complexity index is 236. The summed E-state index contributed by atoms with van der Waals surface area (Å²) in [4.78, 5) is 0. The number of aryl methyl sites for hydroxylation is 2. The lowest BCUT2D eigenvalue weighted by Gasteiger charge is -2.01.